The number of ether oxygens (including phenoxy) is 1. The molecule has 0 spiro atoms. The molecule has 0 radical (unpaired) electrons. The van der Waals surface area contributed by atoms with Gasteiger partial charge in [-0.15, -0.1) is 0 Å². The number of hydrogen-bond acceptors (Lipinski definition) is 3. The van der Waals surface area contributed by atoms with E-state index in [1.54, 1.807) is 4.90 Å². The highest BCUT2D eigenvalue weighted by Crippen LogP contribution is 2.36. The summed E-state index contributed by atoms with van der Waals surface area (Å²) < 4.78 is 5.40. The van der Waals surface area contributed by atoms with Crippen molar-refractivity contribution in [1.29, 1.82) is 0 Å². The maximum Gasteiger partial charge on any atom is 0.410 e. The van der Waals surface area contributed by atoms with Crippen LogP contribution in [0.15, 0.2) is 0 Å². The normalized spacial score (nSPS) is 28.8. The first-order valence-corrected chi connectivity index (χ1v) is 6.85. The van der Waals surface area contributed by atoms with Crippen LogP contribution in [0.4, 0.5) is 4.79 Å². The Hall–Kier alpha value is -1.06. The second kappa shape index (κ2) is 4.90. The van der Waals surface area contributed by atoms with E-state index in [-0.39, 0.29) is 6.09 Å². The highest BCUT2D eigenvalue weighted by molar-refractivity contribution is 5.81. The number of likely N-dealkylation sites (tertiary alicyclic amines) is 1. The van der Waals surface area contributed by atoms with Crippen LogP contribution in [0.5, 0.6) is 0 Å². The van der Waals surface area contributed by atoms with Crippen LogP contribution in [0, 0.1) is 11.8 Å². The van der Waals surface area contributed by atoms with Gasteiger partial charge in [0.25, 0.3) is 0 Å². The summed E-state index contributed by atoms with van der Waals surface area (Å²) in [4.78, 5) is 25.2. The molecule has 1 aliphatic carbocycles. The van der Waals surface area contributed by atoms with Gasteiger partial charge in [0.2, 0.25) is 0 Å². The van der Waals surface area contributed by atoms with Crippen molar-refractivity contribution < 1.29 is 14.3 Å². The van der Waals surface area contributed by atoms with Crippen LogP contribution >= 0.6 is 0 Å². The highest BCUT2D eigenvalue weighted by Gasteiger charge is 2.36. The molecule has 0 bridgehead atoms. The number of rotatable bonds is 0. The molecule has 0 aromatic carbocycles. The molecule has 1 heterocycles. The topological polar surface area (TPSA) is 46.6 Å². The second-order valence-electron chi connectivity index (χ2n) is 6.51. The molecule has 1 aliphatic heterocycles. The number of carbonyl (C=O) groups is 2. The molecular formula is C14H23NO3. The lowest BCUT2D eigenvalue weighted by molar-refractivity contribution is -0.117. The van der Waals surface area contributed by atoms with E-state index in [1.807, 2.05) is 20.8 Å². The molecule has 0 N–H and O–H groups in total. The van der Waals surface area contributed by atoms with Crippen molar-refractivity contribution in [3.8, 4) is 0 Å². The Morgan fingerprint density at radius 2 is 1.67 bits per heavy atom. The lowest BCUT2D eigenvalue weighted by atomic mass is 9.92. The average molecular weight is 253 g/mol. The van der Waals surface area contributed by atoms with Crippen LogP contribution in [-0.4, -0.2) is 35.5 Å². The Kier molecular flexibility index (Phi) is 3.64. The standard InChI is InChI=1S/C14H23NO3/c1-14(2,3)18-13(17)15-6-4-10-8-12(16)9-11(10)5-7-15/h10-11H,4-9H2,1-3H3. The molecule has 0 aromatic heterocycles. The molecule has 1 saturated carbocycles. The first-order chi connectivity index (χ1) is 8.35. The Balaban J connectivity index is 1.91. The SMILES string of the molecule is CC(C)(C)OC(=O)N1CCC2CC(=O)CC2CC1. The predicted octanol–water partition coefficient (Wildman–Crippen LogP) is 2.61. The number of Topliss-reactive ketones (excluding diaryl/α,β-unsaturated/α-hetero) is 1. The number of hydrogen-bond donors (Lipinski definition) is 0. The summed E-state index contributed by atoms with van der Waals surface area (Å²) in [5, 5.41) is 0. The zero-order valence-corrected chi connectivity index (χ0v) is 11.6. The third kappa shape index (κ3) is 3.24. The number of nitrogens with zero attached hydrogens (tertiary/aromatic N) is 1. The van der Waals surface area contributed by atoms with E-state index in [2.05, 4.69) is 0 Å². The molecule has 0 aromatic rings. The van der Waals surface area contributed by atoms with Gasteiger partial charge in [0.15, 0.2) is 0 Å². The third-order valence-electron chi connectivity index (χ3n) is 3.84. The van der Waals surface area contributed by atoms with E-state index in [1.165, 1.54) is 0 Å². The quantitative estimate of drug-likeness (QED) is 0.666. The van der Waals surface area contributed by atoms with Gasteiger partial charge < -0.3 is 9.64 Å². The summed E-state index contributed by atoms with van der Waals surface area (Å²) in [7, 11) is 0. The van der Waals surface area contributed by atoms with Crippen molar-refractivity contribution in [3.63, 3.8) is 0 Å². The maximum atomic E-state index is 12.0. The van der Waals surface area contributed by atoms with Gasteiger partial charge in [0.05, 0.1) is 0 Å². The molecule has 102 valence electrons. The summed E-state index contributed by atoms with van der Waals surface area (Å²) in [6, 6.07) is 0. The fourth-order valence-electron chi connectivity index (χ4n) is 2.94. The van der Waals surface area contributed by atoms with E-state index in [0.717, 1.165) is 25.9 Å². The molecule has 2 atom stereocenters. The molecule has 1 amide bonds. The van der Waals surface area contributed by atoms with Crippen LogP contribution in [0.1, 0.15) is 46.5 Å². The first kappa shape index (κ1) is 13.4. The summed E-state index contributed by atoms with van der Waals surface area (Å²) in [6.45, 7) is 7.11. The minimum Gasteiger partial charge on any atom is -0.444 e. The summed E-state index contributed by atoms with van der Waals surface area (Å²) in [5.41, 5.74) is -0.435. The van der Waals surface area contributed by atoms with Gasteiger partial charge in [-0.25, -0.2) is 4.79 Å². The van der Waals surface area contributed by atoms with Gasteiger partial charge in [-0.05, 0) is 45.4 Å². The monoisotopic (exact) mass is 253 g/mol. The number of ketones is 1. The van der Waals surface area contributed by atoms with Crippen molar-refractivity contribution in [3.05, 3.63) is 0 Å². The first-order valence-electron chi connectivity index (χ1n) is 6.85. The molecule has 2 aliphatic rings. The fraction of sp³-hybridized carbons (Fsp3) is 0.857. The largest absolute Gasteiger partial charge is 0.444 e. The fourth-order valence-corrected chi connectivity index (χ4v) is 2.94. The van der Waals surface area contributed by atoms with Gasteiger partial charge in [-0.3, -0.25) is 4.79 Å². The molecule has 2 fully saturated rings. The van der Waals surface area contributed by atoms with Gasteiger partial charge in [-0.1, -0.05) is 0 Å². The van der Waals surface area contributed by atoms with Crippen molar-refractivity contribution in [1.82, 2.24) is 4.90 Å². The zero-order chi connectivity index (χ0) is 13.3. The Morgan fingerprint density at radius 3 is 2.11 bits per heavy atom. The Morgan fingerprint density at radius 1 is 1.17 bits per heavy atom. The molecule has 4 nitrogen and oxygen atoms in total. The van der Waals surface area contributed by atoms with E-state index in [9.17, 15) is 9.59 Å². The van der Waals surface area contributed by atoms with Gasteiger partial charge in [0.1, 0.15) is 11.4 Å². The summed E-state index contributed by atoms with van der Waals surface area (Å²) in [6.07, 6.45) is 3.10. The van der Waals surface area contributed by atoms with Crippen molar-refractivity contribution in [2.24, 2.45) is 11.8 Å². The van der Waals surface area contributed by atoms with E-state index < -0.39 is 5.60 Å². The van der Waals surface area contributed by atoms with E-state index in [4.69, 9.17) is 4.74 Å². The predicted molar refractivity (Wildman–Crippen MR) is 68.3 cm³/mol. The summed E-state index contributed by atoms with van der Waals surface area (Å²) in [5.74, 6) is 1.38. The molecule has 18 heavy (non-hydrogen) atoms. The van der Waals surface area contributed by atoms with Crippen LogP contribution in [0.2, 0.25) is 0 Å². The second-order valence-corrected chi connectivity index (χ2v) is 6.51. The van der Waals surface area contributed by atoms with Crippen LogP contribution in [0.3, 0.4) is 0 Å². The van der Waals surface area contributed by atoms with Crippen LogP contribution in [0.25, 0.3) is 0 Å². The molecule has 2 unspecified atom stereocenters. The molecule has 4 heteroatoms. The van der Waals surface area contributed by atoms with E-state index >= 15 is 0 Å². The molecule has 2 rings (SSSR count). The van der Waals surface area contributed by atoms with Crippen LogP contribution < -0.4 is 0 Å². The van der Waals surface area contributed by atoms with Crippen LogP contribution in [-0.2, 0) is 9.53 Å². The Bertz CT molecular complexity index is 327. The van der Waals surface area contributed by atoms with Crippen molar-refractivity contribution in [2.45, 2.75) is 52.1 Å². The molecular weight excluding hydrogens is 230 g/mol. The van der Waals surface area contributed by atoms with Gasteiger partial charge in [0, 0.05) is 25.9 Å². The minimum absolute atomic E-state index is 0.214. The lowest BCUT2D eigenvalue weighted by Gasteiger charge is -2.26. The Labute approximate surface area is 109 Å². The van der Waals surface area contributed by atoms with Crippen molar-refractivity contribution in [2.75, 3.05) is 13.1 Å². The van der Waals surface area contributed by atoms with Gasteiger partial charge >= 0.3 is 6.09 Å². The van der Waals surface area contributed by atoms with Gasteiger partial charge in [-0.2, -0.15) is 0 Å². The third-order valence-corrected chi connectivity index (χ3v) is 3.84. The zero-order valence-electron chi connectivity index (χ0n) is 11.6. The smallest absolute Gasteiger partial charge is 0.410 e. The minimum atomic E-state index is -0.435. The lowest BCUT2D eigenvalue weighted by Crippen LogP contribution is -2.37. The average Bonchev–Trinajstić information content (AvgIpc) is 2.45. The van der Waals surface area contributed by atoms with E-state index in [0.29, 0.717) is 30.5 Å². The van der Waals surface area contributed by atoms with Crippen molar-refractivity contribution >= 4 is 11.9 Å². The maximum absolute atomic E-state index is 12.0. The number of fused-ring (bicyclic) bond motifs is 1. The number of carbonyl (C=O) groups excluding carboxylic acids is 2. The molecule has 1 saturated heterocycles. The highest BCUT2D eigenvalue weighted by atomic mass is 16.6. The summed E-state index contributed by atoms with van der Waals surface area (Å²) >= 11 is 0. The number of amides is 1.